The van der Waals surface area contributed by atoms with E-state index >= 15 is 0 Å². The molecule has 0 aromatic heterocycles. The molecule has 0 saturated heterocycles. The fraction of sp³-hybridized carbons (Fsp3) is 0.188. The maximum atomic E-state index is 11.8. The molecule has 21 heavy (non-hydrogen) atoms. The molecule has 0 aliphatic carbocycles. The van der Waals surface area contributed by atoms with Crippen molar-refractivity contribution in [3.63, 3.8) is 0 Å². The molecule has 5 heteroatoms. The lowest BCUT2D eigenvalue weighted by Crippen LogP contribution is -2.14. The van der Waals surface area contributed by atoms with Gasteiger partial charge in [-0.05, 0) is 24.1 Å². The molecule has 5 nitrogen and oxygen atoms in total. The zero-order valence-corrected chi connectivity index (χ0v) is 11.6. The van der Waals surface area contributed by atoms with Crippen LogP contribution in [0.15, 0.2) is 48.5 Å². The van der Waals surface area contributed by atoms with E-state index in [-0.39, 0.29) is 30.2 Å². The number of hydrogen-bond donors (Lipinski definition) is 0. The van der Waals surface area contributed by atoms with Gasteiger partial charge in [-0.25, -0.2) is 0 Å². The van der Waals surface area contributed by atoms with E-state index in [1.54, 1.807) is 13.0 Å². The highest BCUT2D eigenvalue weighted by atomic mass is 16.6. The van der Waals surface area contributed by atoms with Gasteiger partial charge < -0.3 is 4.74 Å². The standard InChI is InChI=1S/C16H15NO4/c1-12-7-8-16(15(9-12)17(19)20)21-11-14(18)10-13-5-3-2-4-6-13/h2-9H,10-11H2,1H3. The summed E-state index contributed by atoms with van der Waals surface area (Å²) in [5, 5.41) is 11.0. The number of nitro groups is 1. The number of aryl methyl sites for hydroxylation is 1. The van der Waals surface area contributed by atoms with Gasteiger partial charge in [0.25, 0.3) is 0 Å². The van der Waals surface area contributed by atoms with E-state index in [0.29, 0.717) is 0 Å². The molecular formula is C16H15NO4. The Bertz CT molecular complexity index is 653. The third-order valence-corrected chi connectivity index (χ3v) is 2.94. The second-order valence-electron chi connectivity index (χ2n) is 4.72. The molecule has 0 bridgehead atoms. The first-order valence-electron chi connectivity index (χ1n) is 6.50. The summed E-state index contributed by atoms with van der Waals surface area (Å²) in [6.45, 7) is 1.58. The number of carbonyl (C=O) groups excluding carboxylic acids is 1. The van der Waals surface area contributed by atoms with Crippen molar-refractivity contribution in [3.05, 3.63) is 69.8 Å². The number of ether oxygens (including phenoxy) is 1. The van der Waals surface area contributed by atoms with Crippen LogP contribution in [0.5, 0.6) is 5.75 Å². The summed E-state index contributed by atoms with van der Waals surface area (Å²) in [4.78, 5) is 22.3. The Balaban J connectivity index is 2.00. The van der Waals surface area contributed by atoms with Gasteiger partial charge in [0.15, 0.2) is 11.5 Å². The van der Waals surface area contributed by atoms with Crippen molar-refractivity contribution in [2.24, 2.45) is 0 Å². The van der Waals surface area contributed by atoms with Crippen LogP contribution in [-0.2, 0) is 11.2 Å². The summed E-state index contributed by atoms with van der Waals surface area (Å²) in [5.41, 5.74) is 1.54. The van der Waals surface area contributed by atoms with Crippen molar-refractivity contribution in [2.75, 3.05) is 6.61 Å². The fourth-order valence-electron chi connectivity index (χ4n) is 1.92. The molecule has 2 rings (SSSR count). The summed E-state index contributed by atoms with van der Waals surface area (Å²) in [6, 6.07) is 13.9. The number of ketones is 1. The van der Waals surface area contributed by atoms with Crippen LogP contribution in [0.1, 0.15) is 11.1 Å². The molecule has 0 heterocycles. The van der Waals surface area contributed by atoms with Gasteiger partial charge in [0.1, 0.15) is 6.61 Å². The Kier molecular flexibility index (Phi) is 4.66. The number of Topliss-reactive ketones (excluding diaryl/α,β-unsaturated/α-hetero) is 1. The smallest absolute Gasteiger partial charge is 0.311 e. The van der Waals surface area contributed by atoms with Crippen LogP contribution >= 0.6 is 0 Å². The monoisotopic (exact) mass is 285 g/mol. The normalized spacial score (nSPS) is 10.1. The van der Waals surface area contributed by atoms with E-state index in [1.807, 2.05) is 30.3 Å². The Morgan fingerprint density at radius 3 is 2.57 bits per heavy atom. The van der Waals surface area contributed by atoms with Crippen LogP contribution in [0.4, 0.5) is 5.69 Å². The summed E-state index contributed by atoms with van der Waals surface area (Å²) in [5.74, 6) is -0.0110. The van der Waals surface area contributed by atoms with E-state index < -0.39 is 4.92 Å². The number of nitrogens with zero attached hydrogens (tertiary/aromatic N) is 1. The van der Waals surface area contributed by atoms with Crippen LogP contribution in [0, 0.1) is 17.0 Å². The molecule has 0 aliphatic heterocycles. The molecule has 0 amide bonds. The highest BCUT2D eigenvalue weighted by molar-refractivity contribution is 5.82. The fourth-order valence-corrected chi connectivity index (χ4v) is 1.92. The second-order valence-corrected chi connectivity index (χ2v) is 4.72. The molecule has 0 aliphatic rings. The van der Waals surface area contributed by atoms with Crippen LogP contribution in [0.3, 0.4) is 0 Å². The number of rotatable bonds is 6. The minimum Gasteiger partial charge on any atom is -0.479 e. The predicted molar refractivity (Wildman–Crippen MR) is 78.5 cm³/mol. The zero-order valence-electron chi connectivity index (χ0n) is 11.6. The lowest BCUT2D eigenvalue weighted by atomic mass is 10.1. The molecule has 108 valence electrons. The van der Waals surface area contributed by atoms with Crippen molar-refractivity contribution in [1.82, 2.24) is 0 Å². The van der Waals surface area contributed by atoms with Crippen molar-refractivity contribution >= 4 is 11.5 Å². The number of nitro benzene ring substituents is 1. The Morgan fingerprint density at radius 2 is 1.90 bits per heavy atom. The van der Waals surface area contributed by atoms with Gasteiger partial charge in [-0.1, -0.05) is 36.4 Å². The van der Waals surface area contributed by atoms with Gasteiger partial charge in [-0.15, -0.1) is 0 Å². The minimum absolute atomic E-state index is 0.118. The van der Waals surface area contributed by atoms with Crippen molar-refractivity contribution < 1.29 is 14.5 Å². The minimum atomic E-state index is -0.510. The van der Waals surface area contributed by atoms with E-state index in [9.17, 15) is 14.9 Å². The predicted octanol–water partition coefficient (Wildman–Crippen LogP) is 3.09. The van der Waals surface area contributed by atoms with E-state index in [4.69, 9.17) is 4.74 Å². The van der Waals surface area contributed by atoms with Gasteiger partial charge in [0.2, 0.25) is 0 Å². The molecule has 0 unspecified atom stereocenters. The highest BCUT2D eigenvalue weighted by Crippen LogP contribution is 2.27. The molecular weight excluding hydrogens is 270 g/mol. The van der Waals surface area contributed by atoms with E-state index in [0.717, 1.165) is 11.1 Å². The first kappa shape index (κ1) is 14.7. The van der Waals surface area contributed by atoms with Crippen molar-refractivity contribution in [2.45, 2.75) is 13.3 Å². The Labute approximate surface area is 122 Å². The Hall–Kier alpha value is -2.69. The van der Waals surface area contributed by atoms with Crippen LogP contribution in [0.25, 0.3) is 0 Å². The quantitative estimate of drug-likeness (QED) is 0.604. The molecule has 2 aromatic rings. The molecule has 2 aromatic carbocycles. The third kappa shape index (κ3) is 4.14. The van der Waals surface area contributed by atoms with Gasteiger partial charge in [0.05, 0.1) is 4.92 Å². The number of benzene rings is 2. The second kappa shape index (κ2) is 6.65. The lowest BCUT2D eigenvalue weighted by Gasteiger charge is -2.07. The van der Waals surface area contributed by atoms with Crippen molar-refractivity contribution in [3.8, 4) is 5.75 Å². The van der Waals surface area contributed by atoms with E-state index in [2.05, 4.69) is 0 Å². The SMILES string of the molecule is Cc1ccc(OCC(=O)Cc2ccccc2)c([N+](=O)[O-])c1. The average Bonchev–Trinajstić information content (AvgIpc) is 2.47. The third-order valence-electron chi connectivity index (χ3n) is 2.94. The van der Waals surface area contributed by atoms with Crippen LogP contribution < -0.4 is 4.74 Å². The van der Waals surface area contributed by atoms with Gasteiger partial charge >= 0.3 is 5.69 Å². The maximum absolute atomic E-state index is 11.8. The van der Waals surface area contributed by atoms with Gasteiger partial charge in [-0.2, -0.15) is 0 Å². The summed E-state index contributed by atoms with van der Waals surface area (Å²) < 4.78 is 5.30. The highest BCUT2D eigenvalue weighted by Gasteiger charge is 2.16. The number of hydrogen-bond acceptors (Lipinski definition) is 4. The first-order valence-corrected chi connectivity index (χ1v) is 6.50. The van der Waals surface area contributed by atoms with E-state index in [1.165, 1.54) is 12.1 Å². The molecule has 0 atom stereocenters. The van der Waals surface area contributed by atoms with Gasteiger partial charge in [-0.3, -0.25) is 14.9 Å². The average molecular weight is 285 g/mol. The first-order chi connectivity index (χ1) is 10.1. The summed E-state index contributed by atoms with van der Waals surface area (Å²) >= 11 is 0. The molecule has 0 spiro atoms. The zero-order chi connectivity index (χ0) is 15.2. The number of carbonyl (C=O) groups is 1. The summed E-state index contributed by atoms with van der Waals surface area (Å²) in [7, 11) is 0. The van der Waals surface area contributed by atoms with Crippen LogP contribution in [0.2, 0.25) is 0 Å². The Morgan fingerprint density at radius 1 is 1.19 bits per heavy atom. The lowest BCUT2D eigenvalue weighted by molar-refractivity contribution is -0.385. The molecule has 0 saturated carbocycles. The topological polar surface area (TPSA) is 69.4 Å². The van der Waals surface area contributed by atoms with Crippen LogP contribution in [-0.4, -0.2) is 17.3 Å². The summed E-state index contributed by atoms with van der Waals surface area (Å²) in [6.07, 6.45) is 0.250. The molecule has 0 fully saturated rings. The molecule has 0 radical (unpaired) electrons. The molecule has 0 N–H and O–H groups in total. The van der Waals surface area contributed by atoms with Gasteiger partial charge in [0, 0.05) is 12.5 Å². The maximum Gasteiger partial charge on any atom is 0.311 e. The van der Waals surface area contributed by atoms with Crippen molar-refractivity contribution in [1.29, 1.82) is 0 Å². The largest absolute Gasteiger partial charge is 0.479 e.